The third-order valence-corrected chi connectivity index (χ3v) is 6.29. The Bertz CT molecular complexity index is 870. The molecule has 2 aromatic carbocycles. The number of carbonyl (C=O) groups is 1. The van der Waals surface area contributed by atoms with E-state index in [1.807, 2.05) is 32.9 Å². The first-order valence-electron chi connectivity index (χ1n) is 12.2. The van der Waals surface area contributed by atoms with Gasteiger partial charge in [-0.3, -0.25) is 9.69 Å². The van der Waals surface area contributed by atoms with Crippen molar-refractivity contribution >= 4 is 5.78 Å². The Morgan fingerprint density at radius 1 is 1.03 bits per heavy atom. The van der Waals surface area contributed by atoms with Crippen LogP contribution in [0.15, 0.2) is 55.1 Å². The summed E-state index contributed by atoms with van der Waals surface area (Å²) in [5.41, 5.74) is 3.31. The molecule has 2 aromatic rings. The van der Waals surface area contributed by atoms with Crippen LogP contribution in [0.1, 0.15) is 61.5 Å². The number of carbonyl (C=O) groups excluding carboxylic acids is 1. The molecular formula is C29H41NO3. The molecule has 2 aliphatic rings. The molecule has 1 aliphatic carbocycles. The Kier molecular flexibility index (Phi) is 11.2. The van der Waals surface area contributed by atoms with Gasteiger partial charge in [-0.25, -0.2) is 0 Å². The predicted molar refractivity (Wildman–Crippen MR) is 137 cm³/mol. The average molecular weight is 452 g/mol. The largest absolute Gasteiger partial charge is 0.493 e. The fourth-order valence-corrected chi connectivity index (χ4v) is 4.71. The molecule has 1 saturated heterocycles. The predicted octanol–water partition coefficient (Wildman–Crippen LogP) is 6.58. The lowest BCUT2D eigenvalue weighted by Crippen LogP contribution is -2.34. The lowest BCUT2D eigenvalue weighted by atomic mass is 9.85. The van der Waals surface area contributed by atoms with E-state index in [2.05, 4.69) is 41.8 Å². The van der Waals surface area contributed by atoms with Crippen LogP contribution in [0, 0.1) is 11.8 Å². The maximum Gasteiger partial charge on any atom is 0.166 e. The second-order valence-electron chi connectivity index (χ2n) is 8.48. The Balaban J connectivity index is 0.000000714. The van der Waals surface area contributed by atoms with Crippen molar-refractivity contribution in [3.63, 3.8) is 0 Å². The molecule has 1 fully saturated rings. The van der Waals surface area contributed by atoms with Gasteiger partial charge in [0.15, 0.2) is 17.3 Å². The Labute approximate surface area is 200 Å². The van der Waals surface area contributed by atoms with Crippen molar-refractivity contribution < 1.29 is 14.3 Å². The second kappa shape index (κ2) is 13.8. The maximum absolute atomic E-state index is 12.9. The van der Waals surface area contributed by atoms with Gasteiger partial charge in [-0.2, -0.15) is 0 Å². The fraction of sp³-hybridized carbons (Fsp3) is 0.483. The van der Waals surface area contributed by atoms with E-state index in [1.165, 1.54) is 18.4 Å². The number of fused-ring (bicyclic) bond motifs is 1. The molecule has 1 heterocycles. The van der Waals surface area contributed by atoms with Crippen LogP contribution in [0.25, 0.3) is 0 Å². The van der Waals surface area contributed by atoms with Crippen molar-refractivity contribution in [3.05, 3.63) is 71.8 Å². The maximum atomic E-state index is 12.9. The van der Waals surface area contributed by atoms with E-state index < -0.39 is 0 Å². The Hall–Kier alpha value is -2.59. The van der Waals surface area contributed by atoms with Gasteiger partial charge in [0.05, 0.1) is 14.2 Å². The van der Waals surface area contributed by atoms with Gasteiger partial charge in [0.1, 0.15) is 0 Å². The number of ketones is 1. The van der Waals surface area contributed by atoms with Crippen LogP contribution in [-0.4, -0.2) is 38.0 Å². The van der Waals surface area contributed by atoms with Gasteiger partial charge in [-0.05, 0) is 74.9 Å². The van der Waals surface area contributed by atoms with Crippen LogP contribution in [0.2, 0.25) is 0 Å². The van der Waals surface area contributed by atoms with Crippen molar-refractivity contribution in [3.8, 4) is 11.5 Å². The highest BCUT2D eigenvalue weighted by molar-refractivity contribution is 6.02. The summed E-state index contributed by atoms with van der Waals surface area (Å²) in [6, 6.07) is 14.5. The summed E-state index contributed by atoms with van der Waals surface area (Å²) in [6.07, 6.45) is 5.94. The molecule has 180 valence electrons. The first-order valence-corrected chi connectivity index (χ1v) is 12.2. The summed E-state index contributed by atoms with van der Waals surface area (Å²) >= 11 is 0. The van der Waals surface area contributed by atoms with Gasteiger partial charge < -0.3 is 9.47 Å². The number of hydrogen-bond acceptors (Lipinski definition) is 4. The van der Waals surface area contributed by atoms with Crippen LogP contribution in [0.3, 0.4) is 0 Å². The van der Waals surface area contributed by atoms with Crippen molar-refractivity contribution in [2.24, 2.45) is 11.8 Å². The molecule has 4 nitrogen and oxygen atoms in total. The number of likely N-dealkylation sites (tertiary alicyclic amines) is 1. The van der Waals surface area contributed by atoms with Crippen LogP contribution >= 0.6 is 0 Å². The third-order valence-electron chi connectivity index (χ3n) is 6.29. The van der Waals surface area contributed by atoms with E-state index in [0.29, 0.717) is 17.4 Å². The highest BCUT2D eigenvalue weighted by Crippen LogP contribution is 2.39. The monoisotopic (exact) mass is 451 g/mol. The van der Waals surface area contributed by atoms with E-state index in [1.54, 1.807) is 20.3 Å². The molecule has 1 unspecified atom stereocenters. The van der Waals surface area contributed by atoms with Gasteiger partial charge >= 0.3 is 0 Å². The van der Waals surface area contributed by atoms with E-state index in [4.69, 9.17) is 9.47 Å². The van der Waals surface area contributed by atoms with Crippen molar-refractivity contribution in [1.82, 2.24) is 4.90 Å². The molecule has 1 atom stereocenters. The number of methoxy groups -OCH3 is 2. The highest BCUT2D eigenvalue weighted by atomic mass is 16.5. The zero-order valence-corrected chi connectivity index (χ0v) is 21.1. The molecule has 4 heteroatoms. The van der Waals surface area contributed by atoms with Gasteiger partial charge in [-0.1, -0.05) is 50.3 Å². The molecule has 0 aromatic heterocycles. The molecule has 33 heavy (non-hydrogen) atoms. The van der Waals surface area contributed by atoms with Crippen LogP contribution in [-0.2, 0) is 13.0 Å². The standard InChI is InChI=1S/C24H29NO3.C3H6.C2H6/c1-27-22-14-19-13-20(24(26)21(19)15-23(22)28-2)12-17-8-10-25(11-9-17)16-18-6-4-3-5-7-18;1-3-2;1-2/h3-7,14-15,17,20H,8-13,16H2,1-2H3;3H,1H2,2H3;1-2H3. The third kappa shape index (κ3) is 7.20. The van der Waals surface area contributed by atoms with Crippen LogP contribution in [0.4, 0.5) is 0 Å². The number of nitrogens with zero attached hydrogens (tertiary/aromatic N) is 1. The Morgan fingerprint density at radius 2 is 1.61 bits per heavy atom. The molecule has 0 saturated carbocycles. The highest BCUT2D eigenvalue weighted by Gasteiger charge is 2.34. The van der Waals surface area contributed by atoms with E-state index in [9.17, 15) is 4.79 Å². The SMILES string of the molecule is C=CC.CC.COc1cc2c(cc1OC)C(=O)C(CC1CCN(Cc3ccccc3)CC1)C2. The summed E-state index contributed by atoms with van der Waals surface area (Å²) in [5.74, 6) is 2.38. The fourth-order valence-electron chi connectivity index (χ4n) is 4.71. The van der Waals surface area contributed by atoms with E-state index in [-0.39, 0.29) is 11.7 Å². The molecule has 0 spiro atoms. The molecule has 0 amide bonds. The Morgan fingerprint density at radius 3 is 2.18 bits per heavy atom. The van der Waals surface area contributed by atoms with Gasteiger partial charge in [-0.15, -0.1) is 6.58 Å². The number of benzene rings is 2. The number of ether oxygens (including phenoxy) is 2. The lowest BCUT2D eigenvalue weighted by molar-refractivity contribution is 0.0895. The quantitative estimate of drug-likeness (QED) is 0.465. The molecule has 4 rings (SSSR count). The molecule has 1 aliphatic heterocycles. The number of Topliss-reactive ketones (excluding diaryl/α,β-unsaturated/α-hetero) is 1. The average Bonchev–Trinajstić information content (AvgIpc) is 3.16. The van der Waals surface area contributed by atoms with Crippen molar-refractivity contribution in [2.75, 3.05) is 27.3 Å². The smallest absolute Gasteiger partial charge is 0.166 e. The number of allylic oxidation sites excluding steroid dienone is 1. The number of piperidine rings is 1. The zero-order chi connectivity index (χ0) is 24.2. The van der Waals surface area contributed by atoms with Crippen LogP contribution in [0.5, 0.6) is 11.5 Å². The topological polar surface area (TPSA) is 38.8 Å². The minimum absolute atomic E-state index is 0.109. The normalized spacial score (nSPS) is 17.7. The van der Waals surface area contributed by atoms with Gasteiger partial charge in [0.2, 0.25) is 0 Å². The lowest BCUT2D eigenvalue weighted by Gasteiger charge is -2.32. The van der Waals surface area contributed by atoms with E-state index >= 15 is 0 Å². The summed E-state index contributed by atoms with van der Waals surface area (Å²) in [7, 11) is 3.26. The molecule has 0 radical (unpaired) electrons. The van der Waals surface area contributed by atoms with Crippen molar-refractivity contribution in [2.45, 2.75) is 53.0 Å². The minimum atomic E-state index is 0.109. The van der Waals surface area contributed by atoms with E-state index in [0.717, 1.165) is 43.6 Å². The van der Waals surface area contributed by atoms with Crippen molar-refractivity contribution in [1.29, 1.82) is 0 Å². The summed E-state index contributed by atoms with van der Waals surface area (Å²) < 4.78 is 10.8. The van der Waals surface area contributed by atoms with Crippen LogP contribution < -0.4 is 9.47 Å². The first-order chi connectivity index (χ1) is 16.1. The number of hydrogen-bond donors (Lipinski definition) is 0. The zero-order valence-electron chi connectivity index (χ0n) is 21.1. The molecule has 0 N–H and O–H groups in total. The first kappa shape index (κ1) is 26.7. The summed E-state index contributed by atoms with van der Waals surface area (Å²) in [5, 5.41) is 0. The second-order valence-corrected chi connectivity index (χ2v) is 8.48. The summed E-state index contributed by atoms with van der Waals surface area (Å²) in [4.78, 5) is 15.5. The molecule has 0 bridgehead atoms. The van der Waals surface area contributed by atoms with Gasteiger partial charge in [0.25, 0.3) is 0 Å². The summed E-state index contributed by atoms with van der Waals surface area (Å²) in [6.45, 7) is 12.5. The van der Waals surface area contributed by atoms with Gasteiger partial charge in [0, 0.05) is 18.0 Å². The molecular weight excluding hydrogens is 410 g/mol. The minimum Gasteiger partial charge on any atom is -0.493 e. The number of rotatable bonds is 6.